The summed E-state index contributed by atoms with van der Waals surface area (Å²) in [4.78, 5) is 30.4. The van der Waals surface area contributed by atoms with Crippen LogP contribution in [0.4, 0.5) is 0 Å². The second-order valence-corrected chi connectivity index (χ2v) is 10.3. The first-order chi connectivity index (χ1) is 18.4. The van der Waals surface area contributed by atoms with E-state index in [-0.39, 0.29) is 11.7 Å². The van der Waals surface area contributed by atoms with Crippen LogP contribution in [0.5, 0.6) is 0 Å². The van der Waals surface area contributed by atoms with Crippen molar-refractivity contribution in [2.75, 3.05) is 33.7 Å². The molecule has 0 saturated carbocycles. The fraction of sp³-hybridized carbons (Fsp3) is 0.455. The summed E-state index contributed by atoms with van der Waals surface area (Å²) in [5, 5.41) is 0.706. The summed E-state index contributed by atoms with van der Waals surface area (Å²) >= 11 is 0. The Hall–Kier alpha value is -3.18. The number of carbonyl (C=O) groups is 2. The first-order valence-electron chi connectivity index (χ1n) is 14.2. The number of unbranched alkanes of at least 4 members (excludes halogenated alkanes) is 3. The van der Waals surface area contributed by atoms with Gasteiger partial charge in [0.05, 0.1) is 5.56 Å². The molecule has 1 aromatic heterocycles. The Morgan fingerprint density at radius 3 is 2.08 bits per heavy atom. The van der Waals surface area contributed by atoms with Gasteiger partial charge in [-0.15, -0.1) is 0 Å². The number of rotatable bonds is 15. The molecule has 2 aromatic carbocycles. The molecule has 1 heterocycles. The summed E-state index contributed by atoms with van der Waals surface area (Å²) in [6.45, 7) is 9.80. The molecule has 0 fully saturated rings. The third-order valence-electron chi connectivity index (χ3n) is 6.90. The van der Waals surface area contributed by atoms with Crippen molar-refractivity contribution in [1.82, 2.24) is 9.80 Å². The van der Waals surface area contributed by atoms with Crippen molar-refractivity contribution in [3.05, 3.63) is 76.6 Å². The third-order valence-corrected chi connectivity index (χ3v) is 6.90. The quantitative estimate of drug-likeness (QED) is 0.195. The molecule has 0 aliphatic rings. The van der Waals surface area contributed by atoms with Gasteiger partial charge >= 0.3 is 0 Å². The molecule has 5 heteroatoms. The number of fused-ring (bicyclic) bond motifs is 1. The Morgan fingerprint density at radius 1 is 0.842 bits per heavy atom. The number of carbonyl (C=O) groups excluding carboxylic acids is 2. The zero-order chi connectivity index (χ0) is 27.5. The van der Waals surface area contributed by atoms with Gasteiger partial charge in [-0.3, -0.25) is 14.5 Å². The first-order valence-corrected chi connectivity index (χ1v) is 14.2. The van der Waals surface area contributed by atoms with Gasteiger partial charge in [-0.05, 0) is 56.1 Å². The summed E-state index contributed by atoms with van der Waals surface area (Å²) in [6, 6.07) is 13.2. The van der Waals surface area contributed by atoms with Crippen LogP contribution in [0.3, 0.4) is 0 Å². The zero-order valence-corrected chi connectivity index (χ0v) is 23.9. The summed E-state index contributed by atoms with van der Waals surface area (Å²) in [6.07, 6.45) is 11.9. The minimum absolute atomic E-state index is 0.0647. The van der Waals surface area contributed by atoms with Crippen molar-refractivity contribution in [2.45, 2.75) is 65.7 Å². The summed E-state index contributed by atoms with van der Waals surface area (Å²) in [5.74, 6) is 0.537. The molecule has 0 N–H and O–H groups in total. The van der Waals surface area contributed by atoms with E-state index < -0.39 is 0 Å². The van der Waals surface area contributed by atoms with E-state index in [9.17, 15) is 9.59 Å². The fourth-order valence-corrected chi connectivity index (χ4v) is 4.59. The maximum Gasteiger partial charge on any atom is 0.253 e. The number of ketones is 1. The lowest BCUT2D eigenvalue weighted by molar-refractivity contribution is 0.0827. The van der Waals surface area contributed by atoms with Crippen molar-refractivity contribution in [1.29, 1.82) is 0 Å². The third kappa shape index (κ3) is 7.67. The summed E-state index contributed by atoms with van der Waals surface area (Å²) < 4.78 is 6.13. The van der Waals surface area contributed by atoms with E-state index in [4.69, 9.17) is 4.42 Å². The van der Waals surface area contributed by atoms with Crippen LogP contribution in [-0.4, -0.2) is 55.2 Å². The maximum atomic E-state index is 13.8. The minimum atomic E-state index is -0.0966. The van der Waals surface area contributed by atoms with Crippen LogP contribution in [0.1, 0.15) is 96.9 Å². The highest BCUT2D eigenvalue weighted by Crippen LogP contribution is 2.31. The largest absolute Gasteiger partial charge is 0.460 e. The number of benzene rings is 2. The highest BCUT2D eigenvalue weighted by molar-refractivity contribution is 6.17. The Labute approximate surface area is 228 Å². The molecule has 204 valence electrons. The average Bonchev–Trinajstić information content (AvgIpc) is 3.29. The van der Waals surface area contributed by atoms with Crippen molar-refractivity contribution in [3.8, 4) is 0 Å². The molecular formula is C33H44N2O3. The van der Waals surface area contributed by atoms with Gasteiger partial charge in [-0.25, -0.2) is 0 Å². The van der Waals surface area contributed by atoms with Crippen LogP contribution in [0.2, 0.25) is 0 Å². The van der Waals surface area contributed by atoms with E-state index in [1.807, 2.05) is 24.3 Å². The van der Waals surface area contributed by atoms with Crippen LogP contribution in [0.15, 0.2) is 53.0 Å². The Kier molecular flexibility index (Phi) is 11.3. The van der Waals surface area contributed by atoms with Crippen molar-refractivity contribution in [3.63, 3.8) is 0 Å². The Balaban J connectivity index is 1.84. The van der Waals surface area contributed by atoms with Crippen LogP contribution >= 0.6 is 0 Å². The molecule has 38 heavy (non-hydrogen) atoms. The lowest BCUT2D eigenvalue weighted by Gasteiger charge is -2.19. The van der Waals surface area contributed by atoms with Gasteiger partial charge in [0, 0.05) is 43.6 Å². The Bertz CT molecular complexity index is 1210. The number of nitrogens with zero attached hydrogens (tertiary/aromatic N) is 2. The lowest BCUT2D eigenvalue weighted by Crippen LogP contribution is -2.26. The van der Waals surface area contributed by atoms with E-state index in [2.05, 4.69) is 37.8 Å². The number of furan rings is 1. The van der Waals surface area contributed by atoms with Crippen molar-refractivity contribution >= 4 is 28.7 Å². The number of hydrogen-bond donors (Lipinski definition) is 0. The van der Waals surface area contributed by atoms with E-state index in [1.165, 1.54) is 25.7 Å². The van der Waals surface area contributed by atoms with Crippen LogP contribution in [0.25, 0.3) is 17.0 Å². The molecule has 0 aliphatic carbocycles. The first kappa shape index (κ1) is 29.4. The molecule has 3 aromatic rings. The lowest BCUT2D eigenvalue weighted by atomic mass is 9.96. The topological polar surface area (TPSA) is 53.8 Å². The van der Waals surface area contributed by atoms with Gasteiger partial charge in [0.25, 0.3) is 5.91 Å². The maximum absolute atomic E-state index is 13.8. The molecule has 3 rings (SSSR count). The highest BCUT2D eigenvalue weighted by Gasteiger charge is 2.23. The summed E-state index contributed by atoms with van der Waals surface area (Å²) in [5.41, 5.74) is 3.47. The molecule has 5 nitrogen and oxygen atoms in total. The highest BCUT2D eigenvalue weighted by atomic mass is 16.3. The van der Waals surface area contributed by atoms with E-state index in [1.54, 1.807) is 37.2 Å². The van der Waals surface area contributed by atoms with Gasteiger partial charge in [0.15, 0.2) is 5.78 Å². The zero-order valence-electron chi connectivity index (χ0n) is 23.9. The van der Waals surface area contributed by atoms with Crippen LogP contribution in [-0.2, 0) is 6.42 Å². The molecule has 0 spiro atoms. The smallest absolute Gasteiger partial charge is 0.253 e. The van der Waals surface area contributed by atoms with Gasteiger partial charge in [-0.1, -0.05) is 76.5 Å². The summed E-state index contributed by atoms with van der Waals surface area (Å²) in [7, 11) is 3.45. The Morgan fingerprint density at radius 2 is 1.47 bits per heavy atom. The van der Waals surface area contributed by atoms with Gasteiger partial charge in [0.1, 0.15) is 11.3 Å². The predicted octanol–water partition coefficient (Wildman–Crippen LogP) is 7.62. The van der Waals surface area contributed by atoms with Gasteiger partial charge in [0.2, 0.25) is 0 Å². The normalized spacial score (nSPS) is 11.6. The average molecular weight is 517 g/mol. The SMILES string of the molecule is CCCCc1oc2ccc(C(=O)N(C)C)cc2c1C(=O)c1ccc(/C=C\CN(CCCC)CCCC)cc1. The molecular weight excluding hydrogens is 472 g/mol. The van der Waals surface area contributed by atoms with E-state index >= 15 is 0 Å². The molecule has 0 unspecified atom stereocenters. The van der Waals surface area contributed by atoms with E-state index in [0.29, 0.717) is 39.8 Å². The minimum Gasteiger partial charge on any atom is -0.460 e. The fourth-order valence-electron chi connectivity index (χ4n) is 4.59. The monoisotopic (exact) mass is 516 g/mol. The van der Waals surface area contributed by atoms with Crippen molar-refractivity contribution in [2.24, 2.45) is 0 Å². The van der Waals surface area contributed by atoms with E-state index in [0.717, 1.165) is 38.0 Å². The molecule has 0 aliphatic heterocycles. The molecule has 0 radical (unpaired) electrons. The molecule has 0 atom stereocenters. The number of aryl methyl sites for hydroxylation is 1. The predicted molar refractivity (Wildman–Crippen MR) is 158 cm³/mol. The van der Waals surface area contributed by atoms with Gasteiger partial charge < -0.3 is 9.32 Å². The standard InChI is InChI=1S/C33H44N2O3/c1-6-9-14-30-31(28-24-27(33(37)34(4)5)19-20-29(28)38-30)32(36)26-17-15-25(16-18-26)13-12-23-35(21-10-7-2)22-11-8-3/h12-13,15-20,24H,6-11,14,21-23H2,1-5H3/b13-12-. The van der Waals surface area contributed by atoms with Crippen LogP contribution < -0.4 is 0 Å². The second-order valence-electron chi connectivity index (χ2n) is 10.3. The molecule has 0 saturated heterocycles. The molecule has 1 amide bonds. The number of amides is 1. The molecule has 0 bridgehead atoms. The number of hydrogen-bond acceptors (Lipinski definition) is 4. The van der Waals surface area contributed by atoms with Crippen LogP contribution in [0, 0.1) is 0 Å². The van der Waals surface area contributed by atoms with Gasteiger partial charge in [-0.2, -0.15) is 0 Å². The second kappa shape index (κ2) is 14.7. The van der Waals surface area contributed by atoms with Crippen molar-refractivity contribution < 1.29 is 14.0 Å².